The number of aromatic nitrogens is 4. The molecule has 2 aromatic heterocycles. The van der Waals surface area contributed by atoms with E-state index in [9.17, 15) is 0 Å². The minimum absolute atomic E-state index is 0.213. The monoisotopic (exact) mass is 344 g/mol. The fourth-order valence-corrected chi connectivity index (χ4v) is 3.33. The second kappa shape index (κ2) is 8.03. The van der Waals surface area contributed by atoms with Crippen LogP contribution in [0.2, 0.25) is 0 Å². The Balaban J connectivity index is 1.51. The molecule has 0 saturated carbocycles. The van der Waals surface area contributed by atoms with Gasteiger partial charge in [-0.25, -0.2) is 9.67 Å². The normalized spacial score (nSPS) is 21.7. The van der Waals surface area contributed by atoms with Crippen LogP contribution in [-0.2, 0) is 20.8 Å². The number of rotatable bonds is 6. The lowest BCUT2D eigenvalue weighted by atomic mass is 10.00. The number of ether oxygens (including phenoxy) is 3. The Morgan fingerprint density at radius 3 is 2.88 bits per heavy atom. The van der Waals surface area contributed by atoms with Crippen molar-refractivity contribution in [2.45, 2.75) is 44.3 Å². The van der Waals surface area contributed by atoms with E-state index in [-0.39, 0.29) is 6.10 Å². The zero-order valence-electron chi connectivity index (χ0n) is 14.3. The molecule has 0 spiro atoms. The van der Waals surface area contributed by atoms with Crippen molar-refractivity contribution >= 4 is 0 Å². The molecule has 2 aliphatic heterocycles. The molecule has 4 rings (SSSR count). The zero-order valence-corrected chi connectivity index (χ0v) is 14.3. The second-order valence-electron chi connectivity index (χ2n) is 6.55. The maximum atomic E-state index is 5.87. The molecule has 7 nitrogen and oxygen atoms in total. The lowest BCUT2D eigenvalue weighted by molar-refractivity contribution is 0.00814. The molecule has 2 saturated heterocycles. The van der Waals surface area contributed by atoms with E-state index in [1.165, 1.54) is 0 Å². The number of hydrogen-bond donors (Lipinski definition) is 0. The third-order valence-electron chi connectivity index (χ3n) is 4.73. The van der Waals surface area contributed by atoms with Crippen LogP contribution in [0.3, 0.4) is 0 Å². The smallest absolute Gasteiger partial charge is 0.158 e. The van der Waals surface area contributed by atoms with Gasteiger partial charge in [-0.05, 0) is 37.8 Å². The van der Waals surface area contributed by atoms with E-state index in [1.54, 1.807) is 12.4 Å². The molecule has 0 amide bonds. The largest absolute Gasteiger partial charge is 0.381 e. The van der Waals surface area contributed by atoms with E-state index in [4.69, 9.17) is 24.3 Å². The van der Waals surface area contributed by atoms with Gasteiger partial charge in [0.1, 0.15) is 6.61 Å². The highest BCUT2D eigenvalue weighted by atomic mass is 16.5. The molecule has 0 bridgehead atoms. The molecule has 1 unspecified atom stereocenters. The Labute approximate surface area is 147 Å². The van der Waals surface area contributed by atoms with Gasteiger partial charge >= 0.3 is 0 Å². The van der Waals surface area contributed by atoms with Crippen molar-refractivity contribution < 1.29 is 14.2 Å². The van der Waals surface area contributed by atoms with Crippen molar-refractivity contribution in [3.05, 3.63) is 36.2 Å². The van der Waals surface area contributed by atoms with Crippen LogP contribution < -0.4 is 0 Å². The molecule has 2 aliphatic rings. The average molecular weight is 344 g/mol. The number of pyridine rings is 1. The highest BCUT2D eigenvalue weighted by Gasteiger charge is 2.23. The molecule has 0 aromatic carbocycles. The van der Waals surface area contributed by atoms with E-state index in [0.717, 1.165) is 62.8 Å². The van der Waals surface area contributed by atoms with Crippen LogP contribution in [-0.4, -0.2) is 52.3 Å². The highest BCUT2D eigenvalue weighted by Crippen LogP contribution is 2.25. The molecule has 2 aromatic rings. The summed E-state index contributed by atoms with van der Waals surface area (Å²) in [5.41, 5.74) is 0.907. The van der Waals surface area contributed by atoms with Gasteiger partial charge in [0.2, 0.25) is 0 Å². The van der Waals surface area contributed by atoms with E-state index < -0.39 is 0 Å². The molecule has 25 heavy (non-hydrogen) atoms. The Morgan fingerprint density at radius 2 is 2.12 bits per heavy atom. The van der Waals surface area contributed by atoms with Crippen molar-refractivity contribution in [3.63, 3.8) is 0 Å². The lowest BCUT2D eigenvalue weighted by Gasteiger charge is -2.18. The fraction of sp³-hybridized carbons (Fsp3) is 0.611. The average Bonchev–Trinajstić information content (AvgIpc) is 3.33. The Hall–Kier alpha value is -1.83. The van der Waals surface area contributed by atoms with Crippen LogP contribution in [0.15, 0.2) is 24.5 Å². The maximum Gasteiger partial charge on any atom is 0.158 e. The minimum Gasteiger partial charge on any atom is -0.381 e. The van der Waals surface area contributed by atoms with Crippen molar-refractivity contribution in [2.24, 2.45) is 0 Å². The summed E-state index contributed by atoms with van der Waals surface area (Å²) in [4.78, 5) is 8.97. The summed E-state index contributed by atoms with van der Waals surface area (Å²) in [5, 5.41) is 4.75. The van der Waals surface area contributed by atoms with Crippen LogP contribution in [0.5, 0.6) is 0 Å². The SMILES string of the molecule is c1cncc(-n2nc(C3CCOCC3)nc2COCC2CCCO2)c1. The third-order valence-corrected chi connectivity index (χ3v) is 4.73. The van der Waals surface area contributed by atoms with Crippen molar-refractivity contribution in [3.8, 4) is 5.69 Å². The topological polar surface area (TPSA) is 71.3 Å². The molecule has 4 heterocycles. The van der Waals surface area contributed by atoms with Crippen LogP contribution in [0.1, 0.15) is 43.3 Å². The first kappa shape index (κ1) is 16.6. The van der Waals surface area contributed by atoms with Gasteiger partial charge in [-0.2, -0.15) is 5.10 Å². The minimum atomic E-state index is 0.213. The van der Waals surface area contributed by atoms with E-state index in [2.05, 4.69) is 4.98 Å². The first-order valence-corrected chi connectivity index (χ1v) is 9.03. The predicted octanol–water partition coefficient (Wildman–Crippen LogP) is 2.25. The Bertz CT molecular complexity index is 664. The Morgan fingerprint density at radius 1 is 1.20 bits per heavy atom. The van der Waals surface area contributed by atoms with Crippen molar-refractivity contribution in [2.75, 3.05) is 26.4 Å². The van der Waals surface area contributed by atoms with Gasteiger partial charge < -0.3 is 14.2 Å². The molecule has 2 fully saturated rings. The summed E-state index contributed by atoms with van der Waals surface area (Å²) in [6.45, 7) is 3.42. The molecular weight excluding hydrogens is 320 g/mol. The van der Waals surface area contributed by atoms with Gasteiger partial charge in [0, 0.05) is 31.9 Å². The standard InChI is InChI=1S/C18H24N4O3/c1-3-15(11-19-7-1)22-17(13-24-12-16-4-2-8-25-16)20-18(21-22)14-5-9-23-10-6-14/h1,3,7,11,14,16H,2,4-6,8-10,12-13H2. The van der Waals surface area contributed by atoms with Gasteiger partial charge in [0.15, 0.2) is 11.6 Å². The molecule has 1 atom stereocenters. The van der Waals surface area contributed by atoms with Crippen molar-refractivity contribution in [1.82, 2.24) is 19.7 Å². The summed E-state index contributed by atoms with van der Waals surface area (Å²) in [7, 11) is 0. The van der Waals surface area contributed by atoms with Gasteiger partial charge in [0.25, 0.3) is 0 Å². The molecule has 0 N–H and O–H groups in total. The third kappa shape index (κ3) is 4.05. The van der Waals surface area contributed by atoms with Gasteiger partial charge in [0.05, 0.1) is 24.6 Å². The second-order valence-corrected chi connectivity index (χ2v) is 6.55. The summed E-state index contributed by atoms with van der Waals surface area (Å²) < 4.78 is 18.8. The van der Waals surface area contributed by atoms with E-state index in [0.29, 0.717) is 19.1 Å². The van der Waals surface area contributed by atoms with E-state index >= 15 is 0 Å². The van der Waals surface area contributed by atoms with Gasteiger partial charge in [-0.3, -0.25) is 4.98 Å². The molecular formula is C18H24N4O3. The van der Waals surface area contributed by atoms with Gasteiger partial charge in [-0.15, -0.1) is 0 Å². The van der Waals surface area contributed by atoms with Crippen LogP contribution in [0.25, 0.3) is 5.69 Å². The lowest BCUT2D eigenvalue weighted by Crippen LogP contribution is -2.15. The van der Waals surface area contributed by atoms with E-state index in [1.807, 2.05) is 16.8 Å². The predicted molar refractivity (Wildman–Crippen MR) is 90.6 cm³/mol. The summed E-state index contributed by atoms with van der Waals surface area (Å²) >= 11 is 0. The van der Waals surface area contributed by atoms with Crippen LogP contribution in [0, 0.1) is 0 Å². The van der Waals surface area contributed by atoms with Crippen LogP contribution >= 0.6 is 0 Å². The molecule has 7 heteroatoms. The van der Waals surface area contributed by atoms with Crippen molar-refractivity contribution in [1.29, 1.82) is 0 Å². The summed E-state index contributed by atoms with van der Waals surface area (Å²) in [5.74, 6) is 2.04. The molecule has 134 valence electrons. The van der Waals surface area contributed by atoms with Gasteiger partial charge in [-0.1, -0.05) is 0 Å². The molecule has 0 aliphatic carbocycles. The Kier molecular flexibility index (Phi) is 5.34. The first-order chi connectivity index (χ1) is 12.4. The van der Waals surface area contributed by atoms with Crippen LogP contribution in [0.4, 0.5) is 0 Å². The quantitative estimate of drug-likeness (QED) is 0.800. The summed E-state index contributed by atoms with van der Waals surface area (Å²) in [6, 6.07) is 3.89. The summed E-state index contributed by atoms with van der Waals surface area (Å²) in [6.07, 6.45) is 7.89. The number of hydrogen-bond acceptors (Lipinski definition) is 6. The highest BCUT2D eigenvalue weighted by molar-refractivity contribution is 5.28. The fourth-order valence-electron chi connectivity index (χ4n) is 3.33. The zero-order chi connectivity index (χ0) is 16.9. The number of nitrogens with zero attached hydrogens (tertiary/aromatic N) is 4. The first-order valence-electron chi connectivity index (χ1n) is 9.03. The maximum absolute atomic E-state index is 5.87. The molecule has 0 radical (unpaired) electrons.